The molecule has 2 heterocycles. The molecule has 7 nitrogen and oxygen atoms in total. The maximum Gasteiger partial charge on any atom is 0.340 e. The van der Waals surface area contributed by atoms with Gasteiger partial charge in [0.25, 0.3) is 5.91 Å². The zero-order valence-corrected chi connectivity index (χ0v) is 17.1. The first-order valence-electron chi connectivity index (χ1n) is 9.64. The van der Waals surface area contributed by atoms with E-state index >= 15 is 0 Å². The van der Waals surface area contributed by atoms with E-state index in [0.717, 1.165) is 11.4 Å². The highest BCUT2D eigenvalue weighted by Crippen LogP contribution is 2.30. The molecule has 7 heteroatoms. The summed E-state index contributed by atoms with van der Waals surface area (Å²) in [5.41, 5.74) is 4.05. The van der Waals surface area contributed by atoms with E-state index < -0.39 is 5.97 Å². The molecule has 1 N–H and O–H groups in total. The predicted octanol–water partition coefficient (Wildman–Crippen LogP) is 3.30. The summed E-state index contributed by atoms with van der Waals surface area (Å²) in [5.74, 6) is -0.986. The Hall–Kier alpha value is -3.35. The van der Waals surface area contributed by atoms with Crippen molar-refractivity contribution in [3.8, 4) is 0 Å². The summed E-state index contributed by atoms with van der Waals surface area (Å²) in [6, 6.07) is 7.15. The molecule has 0 aliphatic carbocycles. The fourth-order valence-corrected chi connectivity index (χ4v) is 3.72. The Labute approximate surface area is 169 Å². The summed E-state index contributed by atoms with van der Waals surface area (Å²) >= 11 is 0. The normalized spacial score (nSPS) is 13.4. The van der Waals surface area contributed by atoms with E-state index in [1.54, 1.807) is 31.2 Å². The van der Waals surface area contributed by atoms with Gasteiger partial charge in [-0.15, -0.1) is 0 Å². The first-order chi connectivity index (χ1) is 13.9. The van der Waals surface area contributed by atoms with Crippen molar-refractivity contribution in [2.45, 2.75) is 34.2 Å². The molecule has 0 atom stereocenters. The van der Waals surface area contributed by atoms with Gasteiger partial charge in [0.15, 0.2) is 0 Å². The fourth-order valence-electron chi connectivity index (χ4n) is 3.72. The highest BCUT2D eigenvalue weighted by Gasteiger charge is 2.26. The third-order valence-electron chi connectivity index (χ3n) is 5.06. The van der Waals surface area contributed by atoms with Gasteiger partial charge < -0.3 is 14.6 Å². The summed E-state index contributed by atoms with van der Waals surface area (Å²) in [4.78, 5) is 38.8. The molecule has 2 aromatic rings. The van der Waals surface area contributed by atoms with Crippen LogP contribution in [0, 0.1) is 13.8 Å². The number of ether oxygens (including phenoxy) is 1. The number of nitrogens with zero attached hydrogens (tertiary/aromatic N) is 2. The first-order valence-corrected chi connectivity index (χ1v) is 9.64. The third kappa shape index (κ3) is 3.81. The quantitative estimate of drug-likeness (QED) is 0.622. The van der Waals surface area contributed by atoms with E-state index in [2.05, 4.69) is 5.32 Å². The summed E-state index contributed by atoms with van der Waals surface area (Å²) in [5, 5.41) is 2.76. The zero-order chi connectivity index (χ0) is 21.1. The number of para-hydroxylation sites is 2. The van der Waals surface area contributed by atoms with Gasteiger partial charge >= 0.3 is 5.97 Å². The van der Waals surface area contributed by atoms with Crippen LogP contribution in [0.3, 0.4) is 0 Å². The minimum atomic E-state index is -0.407. The van der Waals surface area contributed by atoms with Crippen LogP contribution in [0.1, 0.15) is 41.2 Å². The van der Waals surface area contributed by atoms with Crippen molar-refractivity contribution in [1.29, 1.82) is 0 Å². The number of rotatable bonds is 5. The van der Waals surface area contributed by atoms with E-state index in [-0.39, 0.29) is 25.0 Å². The lowest BCUT2D eigenvalue weighted by Gasteiger charge is -2.28. The van der Waals surface area contributed by atoms with Crippen molar-refractivity contribution in [2.24, 2.45) is 0 Å². The predicted molar refractivity (Wildman–Crippen MR) is 112 cm³/mol. The van der Waals surface area contributed by atoms with Crippen LogP contribution in [0.5, 0.6) is 0 Å². The Bertz CT molecular complexity index is 1000. The van der Waals surface area contributed by atoms with Crippen molar-refractivity contribution in [1.82, 2.24) is 4.57 Å². The molecule has 0 spiro atoms. The smallest absolute Gasteiger partial charge is 0.340 e. The minimum Gasteiger partial charge on any atom is -0.462 e. The molecule has 0 saturated heterocycles. The first kappa shape index (κ1) is 20.4. The fraction of sp³-hybridized carbons (Fsp3) is 0.318. The SMILES string of the molecule is CCOC(=O)c1c(/C=C/C(=O)N2CC(=O)Nc3ccccc32)c(C)n(CC)c1C. The number of carbonyl (C=O) groups is 3. The summed E-state index contributed by atoms with van der Waals surface area (Å²) in [6.45, 7) is 8.45. The molecule has 152 valence electrons. The highest BCUT2D eigenvalue weighted by atomic mass is 16.5. The van der Waals surface area contributed by atoms with Crippen LogP contribution in [0.2, 0.25) is 0 Å². The zero-order valence-electron chi connectivity index (χ0n) is 17.1. The van der Waals surface area contributed by atoms with E-state index in [1.165, 1.54) is 11.0 Å². The van der Waals surface area contributed by atoms with Gasteiger partial charge in [-0.05, 0) is 45.9 Å². The Balaban J connectivity index is 1.97. The lowest BCUT2D eigenvalue weighted by molar-refractivity contribution is -0.119. The Morgan fingerprint density at radius 2 is 1.90 bits per heavy atom. The van der Waals surface area contributed by atoms with Gasteiger partial charge in [0, 0.05) is 29.6 Å². The molecule has 1 aliphatic heterocycles. The number of fused-ring (bicyclic) bond motifs is 1. The third-order valence-corrected chi connectivity index (χ3v) is 5.06. The maximum absolute atomic E-state index is 12.9. The average molecular weight is 395 g/mol. The number of anilines is 2. The van der Waals surface area contributed by atoms with E-state index in [4.69, 9.17) is 4.74 Å². The van der Waals surface area contributed by atoms with E-state index in [1.807, 2.05) is 31.4 Å². The Morgan fingerprint density at radius 1 is 1.17 bits per heavy atom. The van der Waals surface area contributed by atoms with Crippen molar-refractivity contribution in [3.05, 3.63) is 52.9 Å². The molecule has 29 heavy (non-hydrogen) atoms. The second-order valence-corrected chi connectivity index (χ2v) is 6.75. The monoisotopic (exact) mass is 395 g/mol. The molecule has 3 rings (SSSR count). The number of amides is 2. The molecule has 0 unspecified atom stereocenters. The number of nitrogens with one attached hydrogen (secondary N) is 1. The van der Waals surface area contributed by atoms with Crippen LogP contribution in [0.4, 0.5) is 11.4 Å². The topological polar surface area (TPSA) is 80.6 Å². The van der Waals surface area contributed by atoms with Crippen LogP contribution in [-0.2, 0) is 20.9 Å². The van der Waals surface area contributed by atoms with Crippen LogP contribution < -0.4 is 10.2 Å². The van der Waals surface area contributed by atoms with Crippen molar-refractivity contribution in [2.75, 3.05) is 23.4 Å². The lowest BCUT2D eigenvalue weighted by atomic mass is 10.1. The van der Waals surface area contributed by atoms with Crippen LogP contribution in [0.25, 0.3) is 6.08 Å². The minimum absolute atomic E-state index is 0.0566. The van der Waals surface area contributed by atoms with Crippen LogP contribution in [0.15, 0.2) is 30.3 Å². The van der Waals surface area contributed by atoms with Gasteiger partial charge in [0.1, 0.15) is 6.54 Å². The maximum atomic E-state index is 12.9. The van der Waals surface area contributed by atoms with Crippen molar-refractivity contribution < 1.29 is 19.1 Å². The molecule has 1 aromatic heterocycles. The summed E-state index contributed by atoms with van der Waals surface area (Å²) in [7, 11) is 0. The second-order valence-electron chi connectivity index (χ2n) is 6.75. The van der Waals surface area contributed by atoms with Gasteiger partial charge in [0.2, 0.25) is 5.91 Å². The number of carbonyl (C=O) groups excluding carboxylic acids is 3. The molecule has 1 aliphatic rings. The molecule has 0 saturated carbocycles. The van der Waals surface area contributed by atoms with Crippen molar-refractivity contribution in [3.63, 3.8) is 0 Å². The molecular formula is C22H25N3O4. The number of hydrogen-bond acceptors (Lipinski definition) is 4. The van der Waals surface area contributed by atoms with Gasteiger partial charge in [0.05, 0.1) is 23.5 Å². The van der Waals surface area contributed by atoms with Gasteiger partial charge in [-0.1, -0.05) is 12.1 Å². The molecule has 2 amide bonds. The number of esters is 1. The highest BCUT2D eigenvalue weighted by molar-refractivity contribution is 6.14. The van der Waals surface area contributed by atoms with Gasteiger partial charge in [-0.2, -0.15) is 0 Å². The lowest BCUT2D eigenvalue weighted by Crippen LogP contribution is -2.41. The number of aromatic nitrogens is 1. The number of hydrogen-bond donors (Lipinski definition) is 1. The standard InChI is InChI=1S/C22H25N3O4/c1-5-24-14(3)16(21(15(24)4)22(28)29-6-2)11-12-20(27)25-13-19(26)23-17-9-7-8-10-18(17)25/h7-12H,5-6,13H2,1-4H3,(H,23,26)/b12-11+. The molecule has 1 aromatic carbocycles. The molecule has 0 bridgehead atoms. The second kappa shape index (κ2) is 8.34. The van der Waals surface area contributed by atoms with Gasteiger partial charge in [-0.3, -0.25) is 14.5 Å². The van der Waals surface area contributed by atoms with E-state index in [9.17, 15) is 14.4 Å². The van der Waals surface area contributed by atoms with Crippen LogP contribution in [-0.4, -0.2) is 35.5 Å². The summed E-state index contributed by atoms with van der Waals surface area (Å²) < 4.78 is 7.23. The van der Waals surface area contributed by atoms with Gasteiger partial charge in [-0.25, -0.2) is 4.79 Å². The average Bonchev–Trinajstić information content (AvgIpc) is 2.94. The molecule has 0 radical (unpaired) electrons. The van der Waals surface area contributed by atoms with E-state index in [0.29, 0.717) is 29.0 Å². The molecular weight excluding hydrogens is 370 g/mol. The Morgan fingerprint density at radius 3 is 2.59 bits per heavy atom. The largest absolute Gasteiger partial charge is 0.462 e. The van der Waals surface area contributed by atoms with Crippen LogP contribution >= 0.6 is 0 Å². The number of benzene rings is 1. The molecule has 0 fully saturated rings. The summed E-state index contributed by atoms with van der Waals surface area (Å²) in [6.07, 6.45) is 3.04. The Kier molecular flexibility index (Phi) is 5.87. The van der Waals surface area contributed by atoms with Crippen molar-refractivity contribution >= 4 is 35.2 Å².